The summed E-state index contributed by atoms with van der Waals surface area (Å²) < 4.78 is 5.81. The molecule has 0 atom stereocenters. The molecule has 5 nitrogen and oxygen atoms in total. The van der Waals surface area contributed by atoms with Gasteiger partial charge in [-0.05, 0) is 72.2 Å². The molecule has 0 radical (unpaired) electrons. The van der Waals surface area contributed by atoms with Gasteiger partial charge in [0.15, 0.2) is 5.11 Å². The molecular formula is C24H18Cl2N2O3S. The second kappa shape index (κ2) is 8.90. The average molecular weight is 485 g/mol. The summed E-state index contributed by atoms with van der Waals surface area (Å²) in [6, 6.07) is 15.8. The van der Waals surface area contributed by atoms with Crippen LogP contribution in [-0.2, 0) is 9.59 Å². The first kappa shape index (κ1) is 22.3. The maximum atomic E-state index is 13.2. The third-order valence-electron chi connectivity index (χ3n) is 5.03. The smallest absolute Gasteiger partial charge is 0.270 e. The molecule has 32 heavy (non-hydrogen) atoms. The highest BCUT2D eigenvalue weighted by Crippen LogP contribution is 2.32. The fourth-order valence-electron chi connectivity index (χ4n) is 3.30. The monoisotopic (exact) mass is 484 g/mol. The Balaban J connectivity index is 1.66. The molecule has 1 aliphatic rings. The van der Waals surface area contributed by atoms with Crippen molar-refractivity contribution in [3.8, 4) is 11.3 Å². The van der Waals surface area contributed by atoms with E-state index in [0.717, 1.165) is 5.56 Å². The highest BCUT2D eigenvalue weighted by Gasteiger charge is 2.34. The Labute approximate surface area is 200 Å². The van der Waals surface area contributed by atoms with E-state index in [1.165, 1.54) is 11.0 Å². The molecule has 1 N–H and O–H groups in total. The number of halogens is 2. The van der Waals surface area contributed by atoms with Crippen LogP contribution in [0.1, 0.15) is 31.1 Å². The number of carbonyl (C=O) groups is 2. The van der Waals surface area contributed by atoms with Crippen molar-refractivity contribution in [3.63, 3.8) is 0 Å². The number of hydrogen-bond acceptors (Lipinski definition) is 4. The Bertz CT molecular complexity index is 1260. The molecule has 2 amide bonds. The van der Waals surface area contributed by atoms with Crippen LogP contribution in [-0.4, -0.2) is 16.9 Å². The molecule has 8 heteroatoms. The lowest BCUT2D eigenvalue weighted by atomic mass is 10.0. The molecule has 0 spiro atoms. The van der Waals surface area contributed by atoms with Crippen molar-refractivity contribution in [2.45, 2.75) is 19.8 Å². The minimum atomic E-state index is -0.589. The molecule has 4 rings (SSSR count). The normalized spacial score (nSPS) is 15.6. The first-order chi connectivity index (χ1) is 15.2. The molecular weight excluding hydrogens is 467 g/mol. The van der Waals surface area contributed by atoms with Crippen LogP contribution in [0.15, 0.2) is 64.6 Å². The van der Waals surface area contributed by atoms with Crippen LogP contribution in [0.3, 0.4) is 0 Å². The van der Waals surface area contributed by atoms with Gasteiger partial charge in [0.1, 0.15) is 17.1 Å². The molecule has 2 aromatic carbocycles. The number of amides is 2. The number of nitrogens with one attached hydrogen (secondary N) is 1. The zero-order valence-corrected chi connectivity index (χ0v) is 19.5. The van der Waals surface area contributed by atoms with Gasteiger partial charge >= 0.3 is 0 Å². The van der Waals surface area contributed by atoms with Crippen molar-refractivity contribution in [3.05, 3.63) is 81.5 Å². The minimum Gasteiger partial charge on any atom is -0.457 e. The number of anilines is 1. The topological polar surface area (TPSA) is 62.6 Å². The Hall–Kier alpha value is -2.93. The lowest BCUT2D eigenvalue weighted by molar-refractivity contribution is -0.122. The van der Waals surface area contributed by atoms with Crippen molar-refractivity contribution < 1.29 is 14.0 Å². The molecule has 0 aliphatic carbocycles. The standard InChI is InChI=1S/C24H18Cl2N2O3S/c1-13(2)14-3-6-16(7-4-14)28-23(30)19(22(29)27-24(28)32)12-17-8-10-21(31-17)18-11-15(25)5-9-20(18)26/h3-13H,1-2H3,(H,27,29,32)/b19-12+. The number of rotatable bonds is 4. The van der Waals surface area contributed by atoms with Crippen LogP contribution in [0.2, 0.25) is 10.0 Å². The van der Waals surface area contributed by atoms with E-state index in [0.29, 0.717) is 38.7 Å². The van der Waals surface area contributed by atoms with E-state index in [-0.39, 0.29) is 10.7 Å². The predicted molar refractivity (Wildman–Crippen MR) is 131 cm³/mol. The number of nitrogens with zero attached hydrogens (tertiary/aromatic N) is 1. The number of carbonyl (C=O) groups excluding carboxylic acids is 2. The van der Waals surface area contributed by atoms with Gasteiger partial charge in [-0.3, -0.25) is 19.8 Å². The molecule has 0 saturated carbocycles. The van der Waals surface area contributed by atoms with Gasteiger partial charge in [-0.25, -0.2) is 0 Å². The third-order valence-corrected chi connectivity index (χ3v) is 5.88. The van der Waals surface area contributed by atoms with Crippen LogP contribution in [0, 0.1) is 0 Å². The fraction of sp³-hybridized carbons (Fsp3) is 0.125. The minimum absolute atomic E-state index is 0.0280. The molecule has 0 unspecified atom stereocenters. The van der Waals surface area contributed by atoms with E-state index in [2.05, 4.69) is 19.2 Å². The molecule has 3 aromatic rings. The summed E-state index contributed by atoms with van der Waals surface area (Å²) in [6.07, 6.45) is 1.39. The highest BCUT2D eigenvalue weighted by atomic mass is 35.5. The fourth-order valence-corrected chi connectivity index (χ4v) is 3.97. The van der Waals surface area contributed by atoms with Gasteiger partial charge in [-0.1, -0.05) is 49.2 Å². The Kier molecular flexibility index (Phi) is 6.20. The second-order valence-corrected chi connectivity index (χ2v) is 8.76. The maximum Gasteiger partial charge on any atom is 0.270 e. The van der Waals surface area contributed by atoms with Crippen molar-refractivity contribution in [2.75, 3.05) is 4.90 Å². The molecule has 1 aromatic heterocycles. The summed E-state index contributed by atoms with van der Waals surface area (Å²) >= 11 is 17.5. The van der Waals surface area contributed by atoms with E-state index in [1.807, 2.05) is 12.1 Å². The Morgan fingerprint density at radius 1 is 1.03 bits per heavy atom. The second-order valence-electron chi connectivity index (χ2n) is 7.53. The summed E-state index contributed by atoms with van der Waals surface area (Å²) in [6.45, 7) is 4.17. The zero-order valence-electron chi connectivity index (χ0n) is 17.2. The van der Waals surface area contributed by atoms with Crippen LogP contribution < -0.4 is 10.2 Å². The number of hydrogen-bond donors (Lipinski definition) is 1. The van der Waals surface area contributed by atoms with Gasteiger partial charge in [0.25, 0.3) is 11.8 Å². The molecule has 1 saturated heterocycles. The maximum absolute atomic E-state index is 13.2. The SMILES string of the molecule is CC(C)c1ccc(N2C(=O)/C(=C/c3ccc(-c4cc(Cl)ccc4Cl)o3)C(=O)NC2=S)cc1. The average Bonchev–Trinajstić information content (AvgIpc) is 3.21. The van der Waals surface area contributed by atoms with E-state index in [4.69, 9.17) is 39.8 Å². The summed E-state index contributed by atoms with van der Waals surface area (Å²) in [5.41, 5.74) is 2.22. The quantitative estimate of drug-likeness (QED) is 0.271. The zero-order chi connectivity index (χ0) is 23.0. The van der Waals surface area contributed by atoms with Gasteiger partial charge < -0.3 is 4.42 Å². The number of thiocarbonyl (C=S) groups is 1. The largest absolute Gasteiger partial charge is 0.457 e. The van der Waals surface area contributed by atoms with E-state index in [1.54, 1.807) is 42.5 Å². The van der Waals surface area contributed by atoms with Crippen LogP contribution in [0.25, 0.3) is 17.4 Å². The molecule has 2 heterocycles. The summed E-state index contributed by atoms with van der Waals surface area (Å²) in [7, 11) is 0. The lowest BCUT2D eigenvalue weighted by Gasteiger charge is -2.29. The van der Waals surface area contributed by atoms with E-state index < -0.39 is 11.8 Å². The Morgan fingerprint density at radius 2 is 1.75 bits per heavy atom. The third kappa shape index (κ3) is 4.35. The summed E-state index contributed by atoms with van der Waals surface area (Å²) in [4.78, 5) is 27.0. The summed E-state index contributed by atoms with van der Waals surface area (Å²) in [5, 5.41) is 3.58. The van der Waals surface area contributed by atoms with Crippen molar-refractivity contribution in [2.24, 2.45) is 0 Å². The Morgan fingerprint density at radius 3 is 2.44 bits per heavy atom. The van der Waals surface area contributed by atoms with Crippen molar-refractivity contribution in [1.29, 1.82) is 0 Å². The number of furan rings is 1. The molecule has 1 aliphatic heterocycles. The van der Waals surface area contributed by atoms with Crippen LogP contribution in [0.4, 0.5) is 5.69 Å². The van der Waals surface area contributed by atoms with Gasteiger partial charge in [0.05, 0.1) is 10.7 Å². The molecule has 0 bridgehead atoms. The van der Waals surface area contributed by atoms with Crippen molar-refractivity contribution >= 4 is 64.1 Å². The highest BCUT2D eigenvalue weighted by molar-refractivity contribution is 7.80. The van der Waals surface area contributed by atoms with E-state index >= 15 is 0 Å². The first-order valence-corrected chi connectivity index (χ1v) is 11.0. The van der Waals surface area contributed by atoms with Crippen LogP contribution in [0.5, 0.6) is 0 Å². The van der Waals surface area contributed by atoms with Crippen LogP contribution >= 0.6 is 35.4 Å². The van der Waals surface area contributed by atoms with Gasteiger partial charge in [-0.2, -0.15) is 0 Å². The lowest BCUT2D eigenvalue weighted by Crippen LogP contribution is -2.54. The van der Waals surface area contributed by atoms with Crippen molar-refractivity contribution in [1.82, 2.24) is 5.32 Å². The molecule has 1 fully saturated rings. The summed E-state index contributed by atoms with van der Waals surface area (Å²) in [5.74, 6) is 0.00933. The van der Waals surface area contributed by atoms with Gasteiger partial charge in [0.2, 0.25) is 0 Å². The van der Waals surface area contributed by atoms with E-state index in [9.17, 15) is 9.59 Å². The van der Waals surface area contributed by atoms with Gasteiger partial charge in [-0.15, -0.1) is 0 Å². The first-order valence-electron chi connectivity index (χ1n) is 9.81. The number of benzene rings is 2. The molecule has 162 valence electrons. The van der Waals surface area contributed by atoms with Gasteiger partial charge in [0, 0.05) is 10.6 Å². The predicted octanol–water partition coefficient (Wildman–Crippen LogP) is 6.21.